The second-order valence-electron chi connectivity index (χ2n) is 4.23. The number of hydrogen-bond donors (Lipinski definition) is 1. The molecule has 2 N–H and O–H groups in total. The molecule has 3 heteroatoms. The maximum atomic E-state index is 11.6. The van der Waals surface area contributed by atoms with Crippen molar-refractivity contribution in [1.82, 2.24) is 0 Å². The van der Waals surface area contributed by atoms with Gasteiger partial charge in [-0.1, -0.05) is 12.2 Å². The third-order valence-electron chi connectivity index (χ3n) is 3.00. The number of carbonyl (C=O) groups is 1. The average molecular weight is 195 g/mol. The third-order valence-corrected chi connectivity index (χ3v) is 3.00. The Labute approximate surface area is 84.3 Å². The molecule has 0 aliphatic heterocycles. The molecule has 14 heavy (non-hydrogen) atoms. The number of rotatable bonds is 2. The van der Waals surface area contributed by atoms with Crippen molar-refractivity contribution >= 4 is 5.97 Å². The van der Waals surface area contributed by atoms with E-state index in [2.05, 4.69) is 0 Å². The molecular weight excluding hydrogens is 178 g/mol. The largest absolute Gasteiger partial charge is 0.462 e. The van der Waals surface area contributed by atoms with Crippen LogP contribution in [-0.2, 0) is 9.53 Å². The van der Waals surface area contributed by atoms with Crippen molar-refractivity contribution in [2.75, 3.05) is 0 Å². The van der Waals surface area contributed by atoms with Crippen molar-refractivity contribution in [1.29, 1.82) is 0 Å². The molecule has 0 spiro atoms. The first-order valence-electron chi connectivity index (χ1n) is 5.40. The summed E-state index contributed by atoms with van der Waals surface area (Å²) >= 11 is 0. The van der Waals surface area contributed by atoms with Gasteiger partial charge >= 0.3 is 5.97 Å². The van der Waals surface area contributed by atoms with Crippen LogP contribution in [0, 0.1) is 5.92 Å². The molecule has 0 radical (unpaired) electrons. The summed E-state index contributed by atoms with van der Waals surface area (Å²) in [5.41, 5.74) is 5.68. The minimum Gasteiger partial charge on any atom is -0.462 e. The summed E-state index contributed by atoms with van der Waals surface area (Å²) in [6.45, 7) is 0. The molecule has 0 unspecified atom stereocenters. The highest BCUT2D eigenvalue weighted by atomic mass is 16.5. The third kappa shape index (κ3) is 2.15. The standard InChI is InChI=1S/C11H17NO2/c12-9-6-5-8(7-9)11(13)14-10-3-1-2-4-10/h5-6,8-10H,1-4,7,12H2/t8-,9+/m1/s1. The van der Waals surface area contributed by atoms with Gasteiger partial charge in [0.15, 0.2) is 0 Å². The van der Waals surface area contributed by atoms with Crippen LogP contribution < -0.4 is 5.73 Å². The van der Waals surface area contributed by atoms with Gasteiger partial charge in [-0.3, -0.25) is 4.79 Å². The van der Waals surface area contributed by atoms with Crippen LogP contribution >= 0.6 is 0 Å². The maximum Gasteiger partial charge on any atom is 0.313 e. The van der Waals surface area contributed by atoms with Gasteiger partial charge in [0.05, 0.1) is 5.92 Å². The molecule has 2 aliphatic carbocycles. The first kappa shape index (κ1) is 9.71. The van der Waals surface area contributed by atoms with Crippen molar-refractivity contribution in [2.24, 2.45) is 11.7 Å². The van der Waals surface area contributed by atoms with E-state index in [9.17, 15) is 4.79 Å². The maximum absolute atomic E-state index is 11.6. The van der Waals surface area contributed by atoms with Gasteiger partial charge in [-0.2, -0.15) is 0 Å². The second-order valence-corrected chi connectivity index (χ2v) is 4.23. The van der Waals surface area contributed by atoms with E-state index < -0.39 is 0 Å². The number of esters is 1. The molecule has 0 saturated heterocycles. The molecule has 2 aliphatic rings. The van der Waals surface area contributed by atoms with Crippen LogP contribution in [0.4, 0.5) is 0 Å². The van der Waals surface area contributed by atoms with E-state index in [1.807, 2.05) is 12.2 Å². The molecule has 78 valence electrons. The fourth-order valence-electron chi connectivity index (χ4n) is 2.16. The minimum atomic E-state index is -0.0920. The average Bonchev–Trinajstić information content (AvgIpc) is 2.75. The number of hydrogen-bond acceptors (Lipinski definition) is 3. The van der Waals surface area contributed by atoms with E-state index in [0.717, 1.165) is 12.8 Å². The summed E-state index contributed by atoms with van der Waals surface area (Å²) in [5.74, 6) is -0.174. The van der Waals surface area contributed by atoms with Crippen LogP contribution in [0.3, 0.4) is 0 Å². The predicted molar refractivity (Wildman–Crippen MR) is 53.6 cm³/mol. The smallest absolute Gasteiger partial charge is 0.313 e. The van der Waals surface area contributed by atoms with Gasteiger partial charge in [-0.05, 0) is 32.1 Å². The van der Waals surface area contributed by atoms with Crippen LogP contribution in [0.2, 0.25) is 0 Å². The van der Waals surface area contributed by atoms with Gasteiger partial charge in [-0.15, -0.1) is 0 Å². The molecule has 0 aromatic rings. The number of nitrogens with two attached hydrogens (primary N) is 1. The lowest BCUT2D eigenvalue weighted by atomic mass is 10.1. The minimum absolute atomic E-state index is 0.0381. The molecule has 0 aromatic carbocycles. The fourth-order valence-corrected chi connectivity index (χ4v) is 2.16. The first-order valence-corrected chi connectivity index (χ1v) is 5.40. The summed E-state index contributed by atoms with van der Waals surface area (Å²) in [6.07, 6.45) is 9.11. The van der Waals surface area contributed by atoms with Crippen molar-refractivity contribution in [3.05, 3.63) is 12.2 Å². The highest BCUT2D eigenvalue weighted by molar-refractivity contribution is 5.75. The van der Waals surface area contributed by atoms with E-state index in [0.29, 0.717) is 6.42 Å². The summed E-state index contributed by atoms with van der Waals surface area (Å²) in [4.78, 5) is 11.6. The van der Waals surface area contributed by atoms with E-state index >= 15 is 0 Å². The van der Waals surface area contributed by atoms with Gasteiger partial charge in [0.2, 0.25) is 0 Å². The van der Waals surface area contributed by atoms with Crippen molar-refractivity contribution in [3.8, 4) is 0 Å². The summed E-state index contributed by atoms with van der Waals surface area (Å²) < 4.78 is 5.40. The van der Waals surface area contributed by atoms with Crippen LogP contribution in [0.25, 0.3) is 0 Å². The van der Waals surface area contributed by atoms with Crippen LogP contribution in [0.1, 0.15) is 32.1 Å². The van der Waals surface area contributed by atoms with Gasteiger partial charge < -0.3 is 10.5 Å². The van der Waals surface area contributed by atoms with Crippen LogP contribution in [0.5, 0.6) is 0 Å². The monoisotopic (exact) mass is 195 g/mol. The number of carbonyl (C=O) groups excluding carboxylic acids is 1. The Balaban J connectivity index is 1.80. The molecule has 2 rings (SSSR count). The summed E-state index contributed by atoms with van der Waals surface area (Å²) in [5, 5.41) is 0. The van der Waals surface area contributed by atoms with Crippen molar-refractivity contribution < 1.29 is 9.53 Å². The van der Waals surface area contributed by atoms with Gasteiger partial charge in [0, 0.05) is 6.04 Å². The fraction of sp³-hybridized carbons (Fsp3) is 0.727. The normalized spacial score (nSPS) is 32.4. The Morgan fingerprint density at radius 2 is 2.00 bits per heavy atom. The molecule has 3 nitrogen and oxygen atoms in total. The predicted octanol–water partition coefficient (Wildman–Crippen LogP) is 1.38. The molecule has 0 heterocycles. The highest BCUT2D eigenvalue weighted by Crippen LogP contribution is 2.24. The molecule has 0 aromatic heterocycles. The topological polar surface area (TPSA) is 52.3 Å². The molecule has 1 fully saturated rings. The van der Waals surface area contributed by atoms with Crippen molar-refractivity contribution in [3.63, 3.8) is 0 Å². The van der Waals surface area contributed by atoms with E-state index in [4.69, 9.17) is 10.5 Å². The Kier molecular flexibility index (Phi) is 2.87. The Hall–Kier alpha value is -0.830. The molecule has 1 saturated carbocycles. The highest BCUT2D eigenvalue weighted by Gasteiger charge is 2.27. The number of ether oxygens (including phenoxy) is 1. The second kappa shape index (κ2) is 4.13. The zero-order chi connectivity index (χ0) is 9.97. The first-order chi connectivity index (χ1) is 6.75. The van der Waals surface area contributed by atoms with Crippen LogP contribution in [0.15, 0.2) is 12.2 Å². The zero-order valence-electron chi connectivity index (χ0n) is 8.32. The van der Waals surface area contributed by atoms with E-state index in [1.54, 1.807) is 0 Å². The Bertz CT molecular complexity index is 244. The summed E-state index contributed by atoms with van der Waals surface area (Å²) in [7, 11) is 0. The Morgan fingerprint density at radius 1 is 1.29 bits per heavy atom. The zero-order valence-corrected chi connectivity index (χ0v) is 8.32. The molecular formula is C11H17NO2. The molecule has 2 atom stereocenters. The Morgan fingerprint density at radius 3 is 2.57 bits per heavy atom. The van der Waals surface area contributed by atoms with Gasteiger partial charge in [0.25, 0.3) is 0 Å². The quantitative estimate of drug-likeness (QED) is 0.535. The van der Waals surface area contributed by atoms with E-state index in [-0.39, 0.29) is 24.0 Å². The lowest BCUT2D eigenvalue weighted by Crippen LogP contribution is -2.23. The van der Waals surface area contributed by atoms with E-state index in [1.165, 1.54) is 12.8 Å². The molecule has 0 bridgehead atoms. The van der Waals surface area contributed by atoms with Crippen LogP contribution in [-0.4, -0.2) is 18.1 Å². The lowest BCUT2D eigenvalue weighted by molar-refractivity contribution is -0.152. The van der Waals surface area contributed by atoms with Gasteiger partial charge in [0.1, 0.15) is 6.10 Å². The van der Waals surface area contributed by atoms with Gasteiger partial charge in [-0.25, -0.2) is 0 Å². The molecule has 0 amide bonds. The lowest BCUT2D eigenvalue weighted by Gasteiger charge is -2.14. The summed E-state index contributed by atoms with van der Waals surface area (Å²) in [6, 6.07) is 0.0381. The SMILES string of the molecule is N[C@H]1C=C[C@@H](C(=O)OC2CCCC2)C1. The van der Waals surface area contributed by atoms with Crippen molar-refractivity contribution in [2.45, 2.75) is 44.2 Å².